The molecule has 1 aliphatic carbocycles. The van der Waals surface area contributed by atoms with Crippen LogP contribution in [0.2, 0.25) is 0 Å². The highest BCUT2D eigenvalue weighted by Crippen LogP contribution is 2.31. The van der Waals surface area contributed by atoms with Gasteiger partial charge in [0.2, 0.25) is 5.91 Å². The zero-order valence-corrected chi connectivity index (χ0v) is 14.6. The summed E-state index contributed by atoms with van der Waals surface area (Å²) in [6.45, 7) is 12.9. The van der Waals surface area contributed by atoms with Gasteiger partial charge in [0, 0.05) is 6.54 Å². The summed E-state index contributed by atoms with van der Waals surface area (Å²) in [7, 11) is 0. The van der Waals surface area contributed by atoms with Crippen LogP contribution in [0, 0.1) is 18.8 Å². The minimum atomic E-state index is -0.318. The molecule has 1 saturated carbocycles. The molecule has 2 N–H and O–H groups in total. The van der Waals surface area contributed by atoms with E-state index in [0.717, 1.165) is 6.54 Å². The first-order chi connectivity index (χ1) is 9.89. The Bertz CT molecular complexity index is 341. The maximum Gasteiger partial charge on any atom is 0.231 e. The summed E-state index contributed by atoms with van der Waals surface area (Å²) >= 11 is 0. The summed E-state index contributed by atoms with van der Waals surface area (Å²) in [5.74, 6) is 1.18. The number of hydrogen-bond donors (Lipinski definition) is 1. The minimum Gasteiger partial charge on any atom is -0.369 e. The van der Waals surface area contributed by atoms with Crippen LogP contribution in [-0.2, 0) is 4.79 Å². The fraction of sp³-hybridized carbons (Fsp3) is 0.765. The van der Waals surface area contributed by atoms with Gasteiger partial charge in [-0.05, 0) is 32.6 Å². The molecule has 0 spiro atoms. The van der Waals surface area contributed by atoms with Gasteiger partial charge in [0.05, 0.1) is 12.0 Å². The van der Waals surface area contributed by atoms with E-state index in [2.05, 4.69) is 31.7 Å². The van der Waals surface area contributed by atoms with Crippen molar-refractivity contribution in [1.29, 1.82) is 0 Å². The molecular formula is C17H33N3O. The second-order valence-corrected chi connectivity index (χ2v) is 5.61. The number of hydrogen-bond acceptors (Lipinski definition) is 3. The normalized spacial score (nSPS) is 18.8. The molecule has 21 heavy (non-hydrogen) atoms. The summed E-state index contributed by atoms with van der Waals surface area (Å²) in [4.78, 5) is 17.7. The Morgan fingerprint density at radius 1 is 1.29 bits per heavy atom. The molecule has 122 valence electrons. The van der Waals surface area contributed by atoms with E-state index in [9.17, 15) is 4.79 Å². The summed E-state index contributed by atoms with van der Waals surface area (Å²) < 4.78 is 0. The number of carbonyl (C=O) groups excluding carboxylic acids is 1. The maximum absolute atomic E-state index is 11.7. The van der Waals surface area contributed by atoms with Gasteiger partial charge in [-0.25, -0.2) is 4.99 Å². The summed E-state index contributed by atoms with van der Waals surface area (Å²) in [6, 6.07) is 0. The SMILES string of the molecule is C#C.CC.CC1(C)CC(=O)N(CC2CC2)C(N)=N1.CCC. The lowest BCUT2D eigenvalue weighted by Gasteiger charge is -2.32. The zero-order valence-electron chi connectivity index (χ0n) is 14.6. The molecule has 0 radical (unpaired) electrons. The van der Waals surface area contributed by atoms with Crippen LogP contribution in [0.5, 0.6) is 0 Å². The minimum absolute atomic E-state index is 0.120. The van der Waals surface area contributed by atoms with Crippen LogP contribution in [-0.4, -0.2) is 28.9 Å². The quantitative estimate of drug-likeness (QED) is 0.794. The van der Waals surface area contributed by atoms with E-state index in [4.69, 9.17) is 5.73 Å². The van der Waals surface area contributed by atoms with E-state index in [1.807, 2.05) is 27.7 Å². The molecule has 0 aromatic heterocycles. The third kappa shape index (κ3) is 9.12. The van der Waals surface area contributed by atoms with E-state index >= 15 is 0 Å². The Hall–Kier alpha value is -1.50. The van der Waals surface area contributed by atoms with Crippen LogP contribution in [0.4, 0.5) is 0 Å². The van der Waals surface area contributed by atoms with Crippen molar-refractivity contribution in [3.63, 3.8) is 0 Å². The topological polar surface area (TPSA) is 58.7 Å². The van der Waals surface area contributed by atoms with E-state index in [1.54, 1.807) is 4.90 Å². The van der Waals surface area contributed by atoms with Crippen LogP contribution in [0.15, 0.2) is 4.99 Å². The summed E-state index contributed by atoms with van der Waals surface area (Å²) in [5, 5.41) is 0. The fourth-order valence-electron chi connectivity index (χ4n) is 1.76. The molecule has 1 amide bonds. The van der Waals surface area contributed by atoms with Crippen molar-refractivity contribution in [2.75, 3.05) is 6.54 Å². The molecule has 2 rings (SSSR count). The largest absolute Gasteiger partial charge is 0.369 e. The molecule has 0 unspecified atom stereocenters. The van der Waals surface area contributed by atoms with Crippen molar-refractivity contribution in [1.82, 2.24) is 4.90 Å². The van der Waals surface area contributed by atoms with E-state index in [0.29, 0.717) is 18.3 Å². The second kappa shape index (κ2) is 11.2. The number of rotatable bonds is 2. The highest BCUT2D eigenvalue weighted by molar-refractivity contribution is 5.98. The Kier molecular flexibility index (Phi) is 11.6. The molecule has 0 aromatic rings. The first-order valence-corrected chi connectivity index (χ1v) is 7.88. The van der Waals surface area contributed by atoms with Gasteiger partial charge in [-0.2, -0.15) is 0 Å². The van der Waals surface area contributed by atoms with Crippen LogP contribution in [0.3, 0.4) is 0 Å². The molecule has 1 heterocycles. The van der Waals surface area contributed by atoms with E-state index in [1.165, 1.54) is 19.3 Å². The van der Waals surface area contributed by atoms with Crippen LogP contribution < -0.4 is 5.73 Å². The Balaban J connectivity index is 0. The summed E-state index contributed by atoms with van der Waals surface area (Å²) in [5.41, 5.74) is 5.46. The van der Waals surface area contributed by atoms with Crippen molar-refractivity contribution >= 4 is 11.9 Å². The van der Waals surface area contributed by atoms with Gasteiger partial charge in [-0.1, -0.05) is 34.1 Å². The van der Waals surface area contributed by atoms with Crippen LogP contribution in [0.25, 0.3) is 0 Å². The van der Waals surface area contributed by atoms with Crippen molar-refractivity contribution in [2.45, 2.75) is 72.8 Å². The van der Waals surface area contributed by atoms with Gasteiger partial charge in [-0.15, -0.1) is 12.8 Å². The van der Waals surface area contributed by atoms with Gasteiger partial charge >= 0.3 is 0 Å². The zero-order chi connectivity index (χ0) is 17.1. The van der Waals surface area contributed by atoms with Crippen molar-refractivity contribution in [3.8, 4) is 12.8 Å². The molecule has 0 atom stereocenters. The highest BCUT2D eigenvalue weighted by atomic mass is 16.2. The number of guanidine groups is 1. The number of nitrogens with zero attached hydrogens (tertiary/aromatic N) is 2. The standard InChI is InChI=1S/C10H17N3O.C3H8.C2H6.C2H2/c1-10(2)5-8(14)13(9(11)12-10)6-7-3-4-7;1-3-2;2*1-2/h7H,3-6H2,1-2H3,(H2,11,12);3H2,1-2H3;1-2H3;1-2H. The fourth-order valence-corrected chi connectivity index (χ4v) is 1.76. The lowest BCUT2D eigenvalue weighted by molar-refractivity contribution is -0.129. The first kappa shape index (κ1) is 21.8. The Morgan fingerprint density at radius 2 is 1.71 bits per heavy atom. The van der Waals surface area contributed by atoms with Gasteiger partial charge in [0.1, 0.15) is 0 Å². The van der Waals surface area contributed by atoms with Gasteiger partial charge in [-0.3, -0.25) is 9.69 Å². The maximum atomic E-state index is 11.7. The van der Waals surface area contributed by atoms with Crippen molar-refractivity contribution < 1.29 is 4.79 Å². The third-order valence-electron chi connectivity index (χ3n) is 2.72. The van der Waals surface area contributed by atoms with E-state index < -0.39 is 0 Å². The molecule has 0 saturated heterocycles. The van der Waals surface area contributed by atoms with Crippen LogP contribution >= 0.6 is 0 Å². The predicted molar refractivity (Wildman–Crippen MR) is 92.0 cm³/mol. The van der Waals surface area contributed by atoms with E-state index in [-0.39, 0.29) is 11.4 Å². The number of amides is 1. The number of terminal acetylenes is 1. The average Bonchev–Trinajstić information content (AvgIpc) is 3.23. The van der Waals surface area contributed by atoms with Crippen molar-refractivity contribution in [3.05, 3.63) is 0 Å². The molecule has 4 heteroatoms. The first-order valence-electron chi connectivity index (χ1n) is 7.88. The Morgan fingerprint density at radius 3 is 2.05 bits per heavy atom. The van der Waals surface area contributed by atoms with Gasteiger partial charge < -0.3 is 5.73 Å². The molecule has 1 fully saturated rings. The molecule has 2 aliphatic rings. The predicted octanol–water partition coefficient (Wildman–Crippen LogP) is 3.41. The van der Waals surface area contributed by atoms with Gasteiger partial charge in [0.25, 0.3) is 0 Å². The van der Waals surface area contributed by atoms with Crippen LogP contribution in [0.1, 0.15) is 67.2 Å². The van der Waals surface area contributed by atoms with Crippen molar-refractivity contribution in [2.24, 2.45) is 16.6 Å². The lowest BCUT2D eigenvalue weighted by atomic mass is 9.99. The molecular weight excluding hydrogens is 262 g/mol. The number of carbonyl (C=O) groups is 1. The third-order valence-corrected chi connectivity index (χ3v) is 2.72. The molecule has 0 aromatic carbocycles. The molecule has 1 aliphatic heterocycles. The van der Waals surface area contributed by atoms with Gasteiger partial charge in [0.15, 0.2) is 5.96 Å². The Labute approximate surface area is 131 Å². The lowest BCUT2D eigenvalue weighted by Crippen LogP contribution is -2.50. The molecule has 4 nitrogen and oxygen atoms in total. The smallest absolute Gasteiger partial charge is 0.231 e. The summed E-state index contributed by atoms with van der Waals surface area (Å²) in [6.07, 6.45) is 12.2. The monoisotopic (exact) mass is 295 g/mol. The second-order valence-electron chi connectivity index (χ2n) is 5.61. The number of aliphatic imine (C=N–C) groups is 1. The highest BCUT2D eigenvalue weighted by Gasteiger charge is 2.35. The average molecular weight is 295 g/mol. The number of nitrogens with two attached hydrogens (primary N) is 1. The molecule has 0 bridgehead atoms.